The quantitative estimate of drug-likeness (QED) is 0.130. The minimum absolute atomic E-state index is 0.602. The van der Waals surface area contributed by atoms with E-state index in [0.29, 0.717) is 0 Å². The Morgan fingerprint density at radius 3 is 1.77 bits per heavy atom. The number of carbonyl (C=O) groups excluding carboxylic acids is 2. The second kappa shape index (κ2) is 13.4. The van der Waals surface area contributed by atoms with E-state index in [1.54, 1.807) is 0 Å². The van der Waals surface area contributed by atoms with Crippen LogP contribution in [-0.2, 0) is 33.3 Å². The van der Waals surface area contributed by atoms with Crippen LogP contribution in [0.3, 0.4) is 0 Å². The van der Waals surface area contributed by atoms with Gasteiger partial charge in [0.2, 0.25) is 11.8 Å². The predicted molar refractivity (Wildman–Crippen MR) is 123 cm³/mol. The molecule has 0 saturated carbocycles. The van der Waals surface area contributed by atoms with Crippen molar-refractivity contribution in [1.29, 1.82) is 0 Å². The Morgan fingerprint density at radius 1 is 0.667 bits per heavy atom. The van der Waals surface area contributed by atoms with Gasteiger partial charge in [0, 0.05) is 13.8 Å². The van der Waals surface area contributed by atoms with E-state index in [1.165, 1.54) is 6.92 Å². The maximum absolute atomic E-state index is 12.0. The smallest absolute Gasteiger partial charge is 0.217 e. The first-order chi connectivity index (χ1) is 18.3. The zero-order chi connectivity index (χ0) is 29.2. The first kappa shape index (κ1) is 31.9. The first-order valence-electron chi connectivity index (χ1n) is 12.4. The van der Waals surface area contributed by atoms with Gasteiger partial charge < -0.3 is 75.2 Å². The van der Waals surface area contributed by atoms with Crippen molar-refractivity contribution in [3.05, 3.63) is 0 Å². The summed E-state index contributed by atoms with van der Waals surface area (Å²) in [4.78, 5) is 23.7. The third-order valence-corrected chi connectivity index (χ3v) is 6.85. The number of ether oxygens (including phenoxy) is 5. The van der Waals surface area contributed by atoms with Crippen LogP contribution in [0, 0.1) is 0 Å². The highest BCUT2D eigenvalue weighted by molar-refractivity contribution is 5.73. The van der Waals surface area contributed by atoms with Crippen LogP contribution in [0.2, 0.25) is 0 Å². The Kier molecular flexibility index (Phi) is 11.0. The van der Waals surface area contributed by atoms with E-state index in [-0.39, 0.29) is 0 Å². The molecule has 15 atom stereocenters. The lowest BCUT2D eigenvalue weighted by Crippen LogP contribution is -2.70. The van der Waals surface area contributed by atoms with Gasteiger partial charge >= 0.3 is 0 Å². The van der Waals surface area contributed by atoms with Crippen molar-refractivity contribution >= 4 is 11.8 Å². The predicted octanol–water partition coefficient (Wildman–Crippen LogP) is -6.26. The molecule has 0 aliphatic carbocycles. The van der Waals surface area contributed by atoms with Gasteiger partial charge in [-0.1, -0.05) is 0 Å². The van der Waals surface area contributed by atoms with Gasteiger partial charge in [-0.3, -0.25) is 9.59 Å². The number of hydrogen-bond donors (Lipinski definition) is 10. The van der Waals surface area contributed by atoms with E-state index in [2.05, 4.69) is 10.6 Å². The number of nitrogens with one attached hydrogen (secondary N) is 2. The molecule has 0 radical (unpaired) electrons. The fourth-order valence-corrected chi connectivity index (χ4v) is 4.84. The molecule has 2 amide bonds. The molecule has 0 unspecified atom stereocenters. The van der Waals surface area contributed by atoms with Crippen molar-refractivity contribution in [3.8, 4) is 0 Å². The molecule has 3 fully saturated rings. The molecule has 0 spiro atoms. The maximum atomic E-state index is 12.0. The molecule has 3 aliphatic heterocycles. The van der Waals surface area contributed by atoms with Crippen molar-refractivity contribution in [2.75, 3.05) is 13.2 Å². The van der Waals surface area contributed by atoms with Crippen LogP contribution in [0.1, 0.15) is 20.8 Å². The van der Waals surface area contributed by atoms with Gasteiger partial charge in [-0.2, -0.15) is 0 Å². The Morgan fingerprint density at radius 2 is 1.21 bits per heavy atom. The molecular formula is C22H38N2O15. The lowest BCUT2D eigenvalue weighted by Gasteiger charge is -2.49. The van der Waals surface area contributed by atoms with E-state index in [9.17, 15) is 50.4 Å². The number of hydrogen-bond acceptors (Lipinski definition) is 15. The second-order valence-corrected chi connectivity index (χ2v) is 9.79. The highest BCUT2D eigenvalue weighted by atomic mass is 16.7. The molecule has 39 heavy (non-hydrogen) atoms. The normalized spacial score (nSPS) is 46.9. The van der Waals surface area contributed by atoms with Crippen molar-refractivity contribution < 1.29 is 74.1 Å². The summed E-state index contributed by atoms with van der Waals surface area (Å²) >= 11 is 0. The van der Waals surface area contributed by atoms with E-state index < -0.39 is 117 Å². The molecule has 3 heterocycles. The zero-order valence-electron chi connectivity index (χ0n) is 21.5. The van der Waals surface area contributed by atoms with Gasteiger partial charge in [0.1, 0.15) is 67.0 Å². The summed E-state index contributed by atoms with van der Waals surface area (Å²) < 4.78 is 27.9. The zero-order valence-corrected chi connectivity index (χ0v) is 21.5. The Balaban J connectivity index is 1.83. The summed E-state index contributed by atoms with van der Waals surface area (Å²) in [6.07, 6.45) is -19.6. The Bertz CT molecular complexity index is 835. The van der Waals surface area contributed by atoms with Gasteiger partial charge in [-0.25, -0.2) is 0 Å². The van der Waals surface area contributed by atoms with Gasteiger partial charge in [-0.15, -0.1) is 0 Å². The molecule has 226 valence electrons. The van der Waals surface area contributed by atoms with Crippen LogP contribution in [0.5, 0.6) is 0 Å². The van der Waals surface area contributed by atoms with Crippen LogP contribution in [0.25, 0.3) is 0 Å². The van der Waals surface area contributed by atoms with Gasteiger partial charge in [0.05, 0.1) is 19.3 Å². The lowest BCUT2D eigenvalue weighted by molar-refractivity contribution is -0.355. The topological polar surface area (TPSA) is 266 Å². The van der Waals surface area contributed by atoms with Crippen LogP contribution >= 0.6 is 0 Å². The number of aliphatic hydroxyl groups excluding tert-OH is 8. The highest BCUT2D eigenvalue weighted by Crippen LogP contribution is 2.32. The lowest BCUT2D eigenvalue weighted by atomic mass is 9.94. The molecule has 10 N–H and O–H groups in total. The standard InChI is InChI=1S/C22H38N2O15/c1-6-18(38-22-17(33)16(32)13(29)9(4-25)37-22)15(31)11(23-7(2)27)21(35-6)39-19-12(24-8(3)28)20(34)36-10(5-26)14(19)30/h6,9-22,25-26,29-34H,4-5H2,1-3H3,(H,23,27)(H,24,28)/t6-,9+,10+,11-,12+,13+,14+,15-,16-,17+,18+,19+,20+,21-,22-/m0/s1. The minimum atomic E-state index is -1.77. The summed E-state index contributed by atoms with van der Waals surface area (Å²) in [6, 6.07) is -2.72. The summed E-state index contributed by atoms with van der Waals surface area (Å²) in [5.41, 5.74) is 0. The molecule has 0 aromatic heterocycles. The van der Waals surface area contributed by atoms with E-state index >= 15 is 0 Å². The second-order valence-electron chi connectivity index (χ2n) is 9.79. The van der Waals surface area contributed by atoms with Gasteiger partial charge in [-0.05, 0) is 6.92 Å². The van der Waals surface area contributed by atoms with Gasteiger partial charge in [0.25, 0.3) is 0 Å². The fraction of sp³-hybridized carbons (Fsp3) is 0.909. The van der Waals surface area contributed by atoms with Crippen LogP contribution in [0.15, 0.2) is 0 Å². The molecule has 17 nitrogen and oxygen atoms in total. The van der Waals surface area contributed by atoms with Crippen molar-refractivity contribution in [2.45, 2.75) is 113 Å². The summed E-state index contributed by atoms with van der Waals surface area (Å²) in [7, 11) is 0. The maximum Gasteiger partial charge on any atom is 0.217 e. The summed E-state index contributed by atoms with van der Waals surface area (Å²) in [6.45, 7) is 2.31. The number of carbonyl (C=O) groups is 2. The van der Waals surface area contributed by atoms with Crippen molar-refractivity contribution in [1.82, 2.24) is 10.6 Å². The van der Waals surface area contributed by atoms with E-state index in [0.717, 1.165) is 13.8 Å². The number of rotatable bonds is 8. The highest BCUT2D eigenvalue weighted by Gasteiger charge is 2.53. The molecular weight excluding hydrogens is 532 g/mol. The third-order valence-electron chi connectivity index (χ3n) is 6.85. The van der Waals surface area contributed by atoms with Gasteiger partial charge in [0.15, 0.2) is 18.9 Å². The average molecular weight is 571 g/mol. The number of aliphatic hydroxyl groups is 8. The van der Waals surface area contributed by atoms with Crippen molar-refractivity contribution in [2.24, 2.45) is 0 Å². The third kappa shape index (κ3) is 7.02. The summed E-state index contributed by atoms with van der Waals surface area (Å²) in [5, 5.41) is 86.5. The Hall–Kier alpha value is -1.58. The fourth-order valence-electron chi connectivity index (χ4n) is 4.84. The number of amides is 2. The molecule has 3 aliphatic rings. The largest absolute Gasteiger partial charge is 0.394 e. The van der Waals surface area contributed by atoms with Crippen LogP contribution in [0.4, 0.5) is 0 Å². The molecule has 0 aromatic carbocycles. The van der Waals surface area contributed by atoms with Crippen LogP contribution < -0.4 is 10.6 Å². The monoisotopic (exact) mass is 570 g/mol. The van der Waals surface area contributed by atoms with E-state index in [4.69, 9.17) is 23.7 Å². The van der Waals surface area contributed by atoms with Crippen LogP contribution in [-0.4, -0.2) is 158 Å². The van der Waals surface area contributed by atoms with Crippen molar-refractivity contribution in [3.63, 3.8) is 0 Å². The SMILES string of the molecule is CC(=O)N[C@@H]1[C@H](O[C@H]2[C@H](O)[C@@H](CO)O[C@@H](O)[C@@H]2NC(C)=O)O[C@@H](C)[C@@H](O[C@@H]2O[C@H](CO)[C@@H](O)[C@H](O)[C@H]2O)[C@H]1O. The minimum Gasteiger partial charge on any atom is -0.394 e. The molecule has 0 aromatic rings. The average Bonchev–Trinajstić information content (AvgIpc) is 2.87. The Labute approximate surface area is 223 Å². The summed E-state index contributed by atoms with van der Waals surface area (Å²) in [5.74, 6) is -1.23. The molecule has 0 bridgehead atoms. The first-order valence-corrected chi connectivity index (χ1v) is 12.4. The molecule has 3 saturated heterocycles. The van der Waals surface area contributed by atoms with E-state index in [1.807, 2.05) is 0 Å². The molecule has 3 rings (SSSR count). The molecule has 17 heteroatoms.